The van der Waals surface area contributed by atoms with E-state index in [1.165, 1.54) is 19.2 Å². The van der Waals surface area contributed by atoms with Gasteiger partial charge in [-0.3, -0.25) is 0 Å². The number of amides is 2. The Morgan fingerprint density at radius 2 is 1.81 bits per heavy atom. The minimum Gasteiger partial charge on any atom is -0.495 e. The van der Waals surface area contributed by atoms with Gasteiger partial charge in [-0.1, -0.05) is 18.2 Å². The lowest BCUT2D eigenvalue weighted by Gasteiger charge is -2.10. The Kier molecular flexibility index (Phi) is 6.76. The number of sulfonamides is 1. The van der Waals surface area contributed by atoms with Gasteiger partial charge in [-0.15, -0.1) is 0 Å². The molecule has 0 aliphatic carbocycles. The molecule has 0 atom stereocenters. The van der Waals surface area contributed by atoms with E-state index in [2.05, 4.69) is 10.6 Å². The molecule has 0 aliphatic heterocycles. The fourth-order valence-electron chi connectivity index (χ4n) is 2.36. The van der Waals surface area contributed by atoms with Crippen LogP contribution in [0.2, 0.25) is 0 Å². The Morgan fingerprint density at radius 1 is 1.15 bits per heavy atom. The first-order valence-electron chi connectivity index (χ1n) is 8.04. The van der Waals surface area contributed by atoms with Crippen LogP contribution in [0, 0.1) is 11.3 Å². The Labute approximate surface area is 158 Å². The number of carbonyl (C=O) groups is 1. The number of methoxy groups -OCH3 is 1. The molecule has 0 bridgehead atoms. The Bertz CT molecular complexity index is 950. The van der Waals surface area contributed by atoms with Crippen molar-refractivity contribution in [3.05, 3.63) is 59.2 Å². The number of nitrogens with two attached hydrogens (primary N) is 1. The Morgan fingerprint density at radius 3 is 2.41 bits per heavy atom. The number of urea groups is 1. The second-order valence-corrected chi connectivity index (χ2v) is 7.23. The molecule has 0 heterocycles. The summed E-state index contributed by atoms with van der Waals surface area (Å²) in [6.45, 7) is 0.644. The summed E-state index contributed by atoms with van der Waals surface area (Å²) < 4.78 is 28.2. The van der Waals surface area contributed by atoms with Crippen LogP contribution >= 0.6 is 0 Å². The maximum atomic E-state index is 11.8. The van der Waals surface area contributed by atoms with E-state index < -0.39 is 10.0 Å². The number of benzene rings is 2. The molecular formula is C18H20N4O4S. The zero-order valence-electron chi connectivity index (χ0n) is 14.7. The van der Waals surface area contributed by atoms with E-state index in [0.29, 0.717) is 30.6 Å². The molecule has 0 saturated heterocycles. The molecule has 2 aromatic rings. The van der Waals surface area contributed by atoms with Gasteiger partial charge in [0, 0.05) is 13.1 Å². The van der Waals surface area contributed by atoms with E-state index in [-0.39, 0.29) is 16.7 Å². The van der Waals surface area contributed by atoms with Crippen molar-refractivity contribution in [3.63, 3.8) is 0 Å². The molecule has 2 rings (SSSR count). The first-order chi connectivity index (χ1) is 12.8. The van der Waals surface area contributed by atoms with Crippen molar-refractivity contribution in [1.82, 2.24) is 10.6 Å². The molecule has 9 heteroatoms. The lowest BCUT2D eigenvalue weighted by atomic mass is 10.1. The van der Waals surface area contributed by atoms with E-state index in [4.69, 9.17) is 15.1 Å². The molecular weight excluding hydrogens is 368 g/mol. The first-order valence-corrected chi connectivity index (χ1v) is 9.58. The minimum absolute atomic E-state index is 0.0900. The predicted octanol–water partition coefficient (Wildman–Crippen LogP) is 1.26. The van der Waals surface area contributed by atoms with Crippen LogP contribution in [-0.4, -0.2) is 28.1 Å². The SMILES string of the molecule is COc1ccc(CCNC(=O)NCc2ccc(C#N)cc2)cc1S(N)(=O)=O. The van der Waals surface area contributed by atoms with Gasteiger partial charge >= 0.3 is 6.03 Å². The van der Waals surface area contributed by atoms with E-state index in [0.717, 1.165) is 5.56 Å². The maximum absolute atomic E-state index is 11.8. The van der Waals surface area contributed by atoms with Gasteiger partial charge in [0.05, 0.1) is 18.7 Å². The van der Waals surface area contributed by atoms with Crippen LogP contribution in [0.4, 0.5) is 4.79 Å². The van der Waals surface area contributed by atoms with Crippen molar-refractivity contribution in [3.8, 4) is 11.8 Å². The van der Waals surface area contributed by atoms with Crippen LogP contribution in [0.3, 0.4) is 0 Å². The molecule has 8 nitrogen and oxygen atoms in total. The molecule has 0 fully saturated rings. The van der Waals surface area contributed by atoms with Crippen molar-refractivity contribution >= 4 is 16.1 Å². The molecule has 2 amide bonds. The zero-order chi connectivity index (χ0) is 19.9. The van der Waals surface area contributed by atoms with Crippen molar-refractivity contribution in [2.24, 2.45) is 5.14 Å². The second-order valence-electron chi connectivity index (χ2n) is 5.70. The molecule has 0 aliphatic rings. The van der Waals surface area contributed by atoms with E-state index >= 15 is 0 Å². The summed E-state index contributed by atoms with van der Waals surface area (Å²) >= 11 is 0. The molecule has 142 valence electrons. The lowest BCUT2D eigenvalue weighted by molar-refractivity contribution is 0.240. The third kappa shape index (κ3) is 5.99. The largest absolute Gasteiger partial charge is 0.495 e. The highest BCUT2D eigenvalue weighted by Crippen LogP contribution is 2.23. The number of rotatable bonds is 7. The fraction of sp³-hybridized carbons (Fsp3) is 0.222. The van der Waals surface area contributed by atoms with Gasteiger partial charge in [-0.2, -0.15) is 5.26 Å². The van der Waals surface area contributed by atoms with E-state index in [9.17, 15) is 13.2 Å². The number of hydrogen-bond acceptors (Lipinski definition) is 5. The summed E-state index contributed by atoms with van der Waals surface area (Å²) in [6.07, 6.45) is 0.427. The van der Waals surface area contributed by atoms with Crippen molar-refractivity contribution in [2.75, 3.05) is 13.7 Å². The predicted molar refractivity (Wildman–Crippen MR) is 99.5 cm³/mol. The van der Waals surface area contributed by atoms with Crippen molar-refractivity contribution in [2.45, 2.75) is 17.9 Å². The molecule has 27 heavy (non-hydrogen) atoms. The van der Waals surface area contributed by atoms with Gasteiger partial charge in [0.2, 0.25) is 10.0 Å². The summed E-state index contributed by atoms with van der Waals surface area (Å²) in [7, 11) is -2.53. The molecule has 0 unspecified atom stereocenters. The highest BCUT2D eigenvalue weighted by atomic mass is 32.2. The maximum Gasteiger partial charge on any atom is 0.315 e. The molecule has 0 spiro atoms. The highest BCUT2D eigenvalue weighted by Gasteiger charge is 2.15. The zero-order valence-corrected chi connectivity index (χ0v) is 15.5. The van der Waals surface area contributed by atoms with Gasteiger partial charge in [0.15, 0.2) is 0 Å². The normalized spacial score (nSPS) is 10.7. The van der Waals surface area contributed by atoms with Crippen LogP contribution in [0.25, 0.3) is 0 Å². The quantitative estimate of drug-likeness (QED) is 0.656. The summed E-state index contributed by atoms with van der Waals surface area (Å²) in [5, 5.41) is 19.3. The van der Waals surface area contributed by atoms with Crippen LogP contribution in [0.5, 0.6) is 5.75 Å². The monoisotopic (exact) mass is 388 g/mol. The number of primary sulfonamides is 1. The number of nitriles is 1. The van der Waals surface area contributed by atoms with E-state index in [1.807, 2.05) is 6.07 Å². The van der Waals surface area contributed by atoms with Crippen molar-refractivity contribution in [1.29, 1.82) is 5.26 Å². The summed E-state index contributed by atoms with van der Waals surface area (Å²) in [4.78, 5) is 11.8. The van der Waals surface area contributed by atoms with Crippen molar-refractivity contribution < 1.29 is 17.9 Å². The molecule has 2 aromatic carbocycles. The number of ether oxygens (including phenoxy) is 1. The lowest BCUT2D eigenvalue weighted by Crippen LogP contribution is -2.36. The Hall–Kier alpha value is -3.09. The average Bonchev–Trinajstić information content (AvgIpc) is 2.66. The van der Waals surface area contributed by atoms with E-state index in [1.54, 1.807) is 30.3 Å². The number of carbonyl (C=O) groups excluding carboxylic acids is 1. The minimum atomic E-state index is -3.90. The summed E-state index contributed by atoms with van der Waals surface area (Å²) in [5.74, 6) is 0.175. The standard InChI is InChI=1S/C18H20N4O4S/c1-26-16-7-6-13(10-17(16)27(20,24)25)8-9-21-18(23)22-12-15-4-2-14(11-19)3-5-15/h2-7,10H,8-9,12H2,1H3,(H2,20,24,25)(H2,21,22,23). The molecule has 0 aromatic heterocycles. The second kappa shape index (κ2) is 9.02. The fourth-order valence-corrected chi connectivity index (χ4v) is 3.11. The molecule has 4 N–H and O–H groups in total. The third-order valence-electron chi connectivity index (χ3n) is 3.77. The summed E-state index contributed by atoms with van der Waals surface area (Å²) in [6, 6.07) is 13.3. The van der Waals surface area contributed by atoms with Gasteiger partial charge in [-0.25, -0.2) is 18.4 Å². The van der Waals surface area contributed by atoms with Crippen LogP contribution in [0.15, 0.2) is 47.4 Å². The van der Waals surface area contributed by atoms with Gasteiger partial charge < -0.3 is 15.4 Å². The van der Waals surface area contributed by atoms with Gasteiger partial charge in [-0.05, 0) is 41.8 Å². The van der Waals surface area contributed by atoms with Crippen LogP contribution in [-0.2, 0) is 23.0 Å². The number of nitrogens with one attached hydrogen (secondary N) is 2. The number of hydrogen-bond donors (Lipinski definition) is 3. The smallest absolute Gasteiger partial charge is 0.315 e. The Balaban J connectivity index is 1.85. The topological polar surface area (TPSA) is 134 Å². The highest BCUT2D eigenvalue weighted by molar-refractivity contribution is 7.89. The molecule has 0 saturated carbocycles. The third-order valence-corrected chi connectivity index (χ3v) is 4.70. The van der Waals surface area contributed by atoms with Gasteiger partial charge in [0.1, 0.15) is 10.6 Å². The van der Waals surface area contributed by atoms with Crippen LogP contribution < -0.4 is 20.5 Å². The first kappa shape index (κ1) is 20.2. The van der Waals surface area contributed by atoms with Crippen LogP contribution in [0.1, 0.15) is 16.7 Å². The average molecular weight is 388 g/mol. The summed E-state index contributed by atoms with van der Waals surface area (Å²) in [5.41, 5.74) is 2.13. The van der Waals surface area contributed by atoms with Gasteiger partial charge in [0.25, 0.3) is 0 Å². The number of nitrogens with zero attached hydrogens (tertiary/aromatic N) is 1. The molecule has 0 radical (unpaired) electrons.